The van der Waals surface area contributed by atoms with Crippen LogP contribution in [0.3, 0.4) is 0 Å². The summed E-state index contributed by atoms with van der Waals surface area (Å²) >= 11 is 6.72. The van der Waals surface area contributed by atoms with Crippen molar-refractivity contribution in [3.05, 3.63) is 51.2 Å². The summed E-state index contributed by atoms with van der Waals surface area (Å²) < 4.78 is 29.6. The molecule has 0 aliphatic heterocycles. The fraction of sp³-hybridized carbons (Fsp3) is 0.350. The lowest BCUT2D eigenvalue weighted by Gasteiger charge is -2.20. The van der Waals surface area contributed by atoms with Gasteiger partial charge in [-0.2, -0.15) is 5.10 Å². The first-order valence-electron chi connectivity index (χ1n) is 9.71. The topological polar surface area (TPSA) is 117 Å². The smallest absolute Gasteiger partial charge is 0.339 e. The lowest BCUT2D eigenvalue weighted by molar-refractivity contribution is 0.0697. The Labute approximate surface area is 195 Å². The normalized spacial score (nSPS) is 11.5. The van der Waals surface area contributed by atoms with Gasteiger partial charge in [0.05, 0.1) is 21.9 Å². The standard InChI is InChI=1S/C20H24ClN5O4S2/c1-12-15(13(2)26(4)23-12)6-5-9-25(3)19-16(20(27)28)10-14(11-22-19)24-32(29,30)18-8-7-17(21)31-18/h7-8,10-11,24H,5-6,9H2,1-4H3,(H,27,28). The third-order valence-corrected chi connectivity index (χ3v) is 8.21. The van der Waals surface area contributed by atoms with Crippen LogP contribution in [0.4, 0.5) is 11.5 Å². The number of aryl methyl sites for hydroxylation is 2. The fourth-order valence-electron chi connectivity index (χ4n) is 3.40. The summed E-state index contributed by atoms with van der Waals surface area (Å²) in [5, 5.41) is 14.1. The minimum absolute atomic E-state index is 0.0292. The van der Waals surface area contributed by atoms with Gasteiger partial charge < -0.3 is 10.0 Å². The van der Waals surface area contributed by atoms with Crippen molar-refractivity contribution in [2.45, 2.75) is 30.9 Å². The van der Waals surface area contributed by atoms with Gasteiger partial charge in [0.15, 0.2) is 0 Å². The van der Waals surface area contributed by atoms with E-state index in [0.717, 1.165) is 35.6 Å². The monoisotopic (exact) mass is 497 g/mol. The second kappa shape index (κ2) is 9.47. The molecule has 32 heavy (non-hydrogen) atoms. The van der Waals surface area contributed by atoms with E-state index in [0.29, 0.717) is 10.9 Å². The molecule has 0 spiro atoms. The zero-order valence-electron chi connectivity index (χ0n) is 18.1. The predicted octanol–water partition coefficient (Wildman–Crippen LogP) is 3.71. The third-order valence-electron chi connectivity index (χ3n) is 5.10. The number of sulfonamides is 1. The van der Waals surface area contributed by atoms with Crippen LogP contribution in [-0.2, 0) is 23.5 Å². The molecule has 0 aliphatic rings. The number of anilines is 2. The molecule has 12 heteroatoms. The summed E-state index contributed by atoms with van der Waals surface area (Å²) in [6.45, 7) is 4.56. The van der Waals surface area contributed by atoms with Gasteiger partial charge in [0.1, 0.15) is 15.6 Å². The molecule has 0 aromatic carbocycles. The molecular formula is C20H24ClN5O4S2. The first-order chi connectivity index (χ1) is 15.0. The molecular weight excluding hydrogens is 474 g/mol. The van der Waals surface area contributed by atoms with Crippen molar-refractivity contribution < 1.29 is 18.3 Å². The number of nitrogens with zero attached hydrogens (tertiary/aromatic N) is 4. The maximum Gasteiger partial charge on any atom is 0.339 e. The average molecular weight is 498 g/mol. The number of carboxylic acid groups (broad SMARTS) is 1. The van der Waals surface area contributed by atoms with Crippen molar-refractivity contribution in [2.75, 3.05) is 23.2 Å². The Bertz CT molecular complexity index is 1250. The molecule has 0 bridgehead atoms. The molecule has 3 rings (SSSR count). The lowest BCUT2D eigenvalue weighted by Crippen LogP contribution is -2.23. The van der Waals surface area contributed by atoms with Crippen molar-refractivity contribution >= 4 is 50.4 Å². The van der Waals surface area contributed by atoms with Crippen LogP contribution >= 0.6 is 22.9 Å². The second-order valence-electron chi connectivity index (χ2n) is 7.36. The molecule has 0 saturated heterocycles. The molecule has 3 aromatic heterocycles. The van der Waals surface area contributed by atoms with Gasteiger partial charge in [-0.1, -0.05) is 11.6 Å². The third kappa shape index (κ3) is 5.22. The molecule has 3 heterocycles. The van der Waals surface area contributed by atoms with Crippen molar-refractivity contribution in [3.8, 4) is 0 Å². The molecule has 2 N–H and O–H groups in total. The second-order valence-corrected chi connectivity index (χ2v) is 11.0. The van der Waals surface area contributed by atoms with Gasteiger partial charge in [-0.25, -0.2) is 18.2 Å². The van der Waals surface area contributed by atoms with Crippen LogP contribution in [0.25, 0.3) is 0 Å². The summed E-state index contributed by atoms with van der Waals surface area (Å²) in [7, 11) is -0.224. The number of aromatic carboxylic acids is 1. The molecule has 0 atom stereocenters. The van der Waals surface area contributed by atoms with E-state index in [1.165, 1.54) is 30.0 Å². The van der Waals surface area contributed by atoms with Gasteiger partial charge in [-0.05, 0) is 50.5 Å². The first kappa shape index (κ1) is 24.0. The van der Waals surface area contributed by atoms with E-state index >= 15 is 0 Å². The molecule has 0 unspecified atom stereocenters. The Morgan fingerprint density at radius 2 is 2.06 bits per heavy atom. The zero-order chi connectivity index (χ0) is 23.6. The molecule has 9 nitrogen and oxygen atoms in total. The lowest BCUT2D eigenvalue weighted by atomic mass is 10.1. The van der Waals surface area contributed by atoms with Crippen LogP contribution < -0.4 is 9.62 Å². The van der Waals surface area contributed by atoms with Gasteiger partial charge in [0.25, 0.3) is 10.0 Å². The minimum Gasteiger partial charge on any atom is -0.478 e. The molecule has 0 fully saturated rings. The summed E-state index contributed by atoms with van der Waals surface area (Å²) in [6.07, 6.45) is 2.89. The predicted molar refractivity (Wildman–Crippen MR) is 126 cm³/mol. The van der Waals surface area contributed by atoms with Gasteiger partial charge in [-0.15, -0.1) is 11.3 Å². The number of hydrogen-bond donors (Lipinski definition) is 2. The SMILES string of the molecule is Cc1nn(C)c(C)c1CCCN(C)c1ncc(NS(=O)(=O)c2ccc(Cl)s2)cc1C(=O)O. The van der Waals surface area contributed by atoms with E-state index in [1.807, 2.05) is 25.6 Å². The van der Waals surface area contributed by atoms with Crippen LogP contribution in [0.15, 0.2) is 28.6 Å². The van der Waals surface area contributed by atoms with Crippen LogP contribution in [0.5, 0.6) is 0 Å². The molecule has 0 amide bonds. The Morgan fingerprint density at radius 1 is 1.34 bits per heavy atom. The van der Waals surface area contributed by atoms with Gasteiger partial charge in [0.2, 0.25) is 0 Å². The number of nitrogens with one attached hydrogen (secondary N) is 1. The number of hydrogen-bond acceptors (Lipinski definition) is 7. The Kier molecular flexibility index (Phi) is 7.11. The van der Waals surface area contributed by atoms with E-state index in [9.17, 15) is 18.3 Å². The zero-order valence-corrected chi connectivity index (χ0v) is 20.5. The maximum absolute atomic E-state index is 12.5. The highest BCUT2D eigenvalue weighted by atomic mass is 35.5. The highest BCUT2D eigenvalue weighted by Crippen LogP contribution is 2.28. The molecule has 0 aliphatic carbocycles. The van der Waals surface area contributed by atoms with E-state index in [2.05, 4.69) is 14.8 Å². The number of rotatable bonds is 9. The number of halogens is 1. The van der Waals surface area contributed by atoms with Gasteiger partial charge >= 0.3 is 5.97 Å². The first-order valence-corrected chi connectivity index (χ1v) is 12.4. The van der Waals surface area contributed by atoms with Crippen LogP contribution in [0.2, 0.25) is 4.34 Å². The van der Waals surface area contributed by atoms with Gasteiger partial charge in [0, 0.05) is 26.3 Å². The Hall–Kier alpha value is -2.63. The van der Waals surface area contributed by atoms with Crippen molar-refractivity contribution in [1.29, 1.82) is 0 Å². The maximum atomic E-state index is 12.5. The molecule has 3 aromatic rings. The van der Waals surface area contributed by atoms with E-state index in [-0.39, 0.29) is 21.3 Å². The van der Waals surface area contributed by atoms with E-state index in [4.69, 9.17) is 11.6 Å². The molecule has 0 saturated carbocycles. The number of carbonyl (C=O) groups is 1. The van der Waals surface area contributed by atoms with E-state index < -0.39 is 16.0 Å². The minimum atomic E-state index is -3.89. The number of thiophene rings is 1. The van der Waals surface area contributed by atoms with Gasteiger partial charge in [-0.3, -0.25) is 9.40 Å². The van der Waals surface area contributed by atoms with Crippen LogP contribution in [0, 0.1) is 13.8 Å². The van der Waals surface area contributed by atoms with E-state index in [1.54, 1.807) is 11.9 Å². The van der Waals surface area contributed by atoms with Crippen LogP contribution in [-0.4, -0.2) is 47.9 Å². The molecule has 172 valence electrons. The Morgan fingerprint density at radius 3 is 2.62 bits per heavy atom. The largest absolute Gasteiger partial charge is 0.478 e. The molecule has 0 radical (unpaired) electrons. The number of carboxylic acids is 1. The summed E-state index contributed by atoms with van der Waals surface area (Å²) in [6, 6.07) is 4.13. The highest BCUT2D eigenvalue weighted by molar-refractivity contribution is 7.94. The van der Waals surface area contributed by atoms with Crippen molar-refractivity contribution in [3.63, 3.8) is 0 Å². The summed E-state index contributed by atoms with van der Waals surface area (Å²) in [4.78, 5) is 17.8. The number of aromatic nitrogens is 3. The van der Waals surface area contributed by atoms with Crippen LogP contribution in [0.1, 0.15) is 33.7 Å². The highest BCUT2D eigenvalue weighted by Gasteiger charge is 2.21. The quantitative estimate of drug-likeness (QED) is 0.462. The fourth-order valence-corrected chi connectivity index (χ4v) is 5.92. The number of pyridine rings is 1. The van der Waals surface area contributed by atoms with Crippen molar-refractivity contribution in [1.82, 2.24) is 14.8 Å². The summed E-state index contributed by atoms with van der Waals surface area (Å²) in [5.41, 5.74) is 3.25. The Balaban J connectivity index is 1.74. The van der Waals surface area contributed by atoms with Crippen molar-refractivity contribution in [2.24, 2.45) is 7.05 Å². The average Bonchev–Trinajstić information content (AvgIpc) is 3.26. The summed E-state index contributed by atoms with van der Waals surface area (Å²) in [5.74, 6) is -0.933.